The molecule has 30 heavy (non-hydrogen) atoms. The Balaban J connectivity index is 1.55. The van der Waals surface area contributed by atoms with Gasteiger partial charge in [-0.05, 0) is 79.1 Å². The van der Waals surface area contributed by atoms with Gasteiger partial charge in [0.15, 0.2) is 0 Å². The first-order valence-corrected chi connectivity index (χ1v) is 10.5. The smallest absolute Gasteiger partial charge is 0.326 e. The van der Waals surface area contributed by atoms with E-state index in [9.17, 15) is 14.0 Å². The van der Waals surface area contributed by atoms with Crippen LogP contribution < -0.4 is 15.4 Å². The number of imide groups is 1. The Labute approximate surface area is 177 Å². The van der Waals surface area contributed by atoms with Gasteiger partial charge in [0.2, 0.25) is 0 Å². The molecule has 3 rings (SSSR count). The van der Waals surface area contributed by atoms with Crippen molar-refractivity contribution in [3.05, 3.63) is 59.9 Å². The van der Waals surface area contributed by atoms with Gasteiger partial charge in [-0.3, -0.25) is 10.1 Å². The standard InChI is InChI=1S/C24H29FN2O3/c1-15(2)21-13-4-16(3)14-22(21)30-20-11-9-19(10-12-20)26-24(29)27-23(28)17-5-7-18(25)8-6-17/h5-12,15-16,21-22H,4,13-14H2,1-3H3,(H2,26,27,28,29). The highest BCUT2D eigenvalue weighted by molar-refractivity contribution is 6.07. The summed E-state index contributed by atoms with van der Waals surface area (Å²) in [6, 6.07) is 11.5. The maximum atomic E-state index is 12.9. The monoisotopic (exact) mass is 412 g/mol. The van der Waals surface area contributed by atoms with Crippen LogP contribution in [0.5, 0.6) is 5.75 Å². The number of hydrogen-bond donors (Lipinski definition) is 2. The van der Waals surface area contributed by atoms with Crippen LogP contribution in [0.15, 0.2) is 48.5 Å². The first-order valence-electron chi connectivity index (χ1n) is 10.5. The maximum Gasteiger partial charge on any atom is 0.326 e. The molecule has 3 amide bonds. The Kier molecular flexibility index (Phi) is 7.08. The van der Waals surface area contributed by atoms with E-state index < -0.39 is 17.8 Å². The fourth-order valence-corrected chi connectivity index (χ4v) is 3.98. The second-order valence-corrected chi connectivity index (χ2v) is 8.42. The summed E-state index contributed by atoms with van der Waals surface area (Å²) in [5.41, 5.74) is 0.751. The number of benzene rings is 2. The van der Waals surface area contributed by atoms with Gasteiger partial charge in [-0.25, -0.2) is 9.18 Å². The summed E-state index contributed by atoms with van der Waals surface area (Å²) in [6.45, 7) is 6.76. The van der Waals surface area contributed by atoms with E-state index in [0.717, 1.165) is 12.2 Å². The van der Waals surface area contributed by atoms with Gasteiger partial charge >= 0.3 is 6.03 Å². The van der Waals surface area contributed by atoms with E-state index in [1.54, 1.807) is 12.1 Å². The number of amides is 3. The van der Waals surface area contributed by atoms with Crippen LogP contribution in [-0.4, -0.2) is 18.0 Å². The molecule has 0 spiro atoms. The van der Waals surface area contributed by atoms with Crippen LogP contribution in [0.4, 0.5) is 14.9 Å². The van der Waals surface area contributed by atoms with E-state index >= 15 is 0 Å². The lowest BCUT2D eigenvalue weighted by Gasteiger charge is -2.37. The Bertz CT molecular complexity index is 865. The second-order valence-electron chi connectivity index (χ2n) is 8.42. The van der Waals surface area contributed by atoms with Crippen molar-refractivity contribution >= 4 is 17.6 Å². The molecule has 1 saturated carbocycles. The summed E-state index contributed by atoms with van der Waals surface area (Å²) < 4.78 is 19.2. The number of anilines is 1. The number of halogens is 1. The number of nitrogens with one attached hydrogen (secondary N) is 2. The Morgan fingerprint density at radius 3 is 2.33 bits per heavy atom. The SMILES string of the molecule is CC1CCC(C(C)C)C(Oc2ccc(NC(=O)NC(=O)c3ccc(F)cc3)cc2)C1. The normalized spacial score (nSPS) is 21.2. The third-order valence-corrected chi connectivity index (χ3v) is 5.69. The number of ether oxygens (including phenoxy) is 1. The van der Waals surface area contributed by atoms with Crippen molar-refractivity contribution in [2.24, 2.45) is 17.8 Å². The van der Waals surface area contributed by atoms with Gasteiger partial charge in [-0.1, -0.05) is 27.2 Å². The van der Waals surface area contributed by atoms with Crippen LogP contribution in [0.1, 0.15) is 50.4 Å². The Morgan fingerprint density at radius 2 is 1.70 bits per heavy atom. The first-order chi connectivity index (χ1) is 14.3. The van der Waals surface area contributed by atoms with Crippen LogP contribution in [-0.2, 0) is 0 Å². The molecule has 1 aliphatic rings. The largest absolute Gasteiger partial charge is 0.490 e. The fourth-order valence-electron chi connectivity index (χ4n) is 3.98. The molecule has 0 saturated heterocycles. The van der Waals surface area contributed by atoms with Gasteiger partial charge in [-0.15, -0.1) is 0 Å². The van der Waals surface area contributed by atoms with Crippen LogP contribution in [0.25, 0.3) is 0 Å². The minimum Gasteiger partial charge on any atom is -0.490 e. The molecule has 2 aromatic carbocycles. The molecular formula is C24H29FN2O3. The van der Waals surface area contributed by atoms with Crippen LogP contribution in [0, 0.1) is 23.6 Å². The predicted molar refractivity (Wildman–Crippen MR) is 115 cm³/mol. The minimum absolute atomic E-state index is 0.198. The summed E-state index contributed by atoms with van der Waals surface area (Å²) in [5, 5.41) is 4.84. The van der Waals surface area contributed by atoms with E-state index in [0.29, 0.717) is 23.4 Å². The highest BCUT2D eigenvalue weighted by Crippen LogP contribution is 2.36. The molecule has 2 N–H and O–H groups in total. The number of carbonyl (C=O) groups excluding carboxylic acids is 2. The molecule has 1 fully saturated rings. The Hall–Kier alpha value is -2.89. The van der Waals surface area contributed by atoms with Crippen molar-refractivity contribution in [2.75, 3.05) is 5.32 Å². The fraction of sp³-hybridized carbons (Fsp3) is 0.417. The van der Waals surface area contributed by atoms with E-state index in [1.165, 1.54) is 37.1 Å². The highest BCUT2D eigenvalue weighted by atomic mass is 19.1. The van der Waals surface area contributed by atoms with Crippen molar-refractivity contribution in [1.82, 2.24) is 5.32 Å². The van der Waals surface area contributed by atoms with E-state index in [1.807, 2.05) is 12.1 Å². The predicted octanol–water partition coefficient (Wildman–Crippen LogP) is 5.63. The van der Waals surface area contributed by atoms with Gasteiger partial charge < -0.3 is 10.1 Å². The maximum absolute atomic E-state index is 12.9. The molecule has 160 valence electrons. The van der Waals surface area contributed by atoms with Gasteiger partial charge in [0, 0.05) is 11.3 Å². The van der Waals surface area contributed by atoms with E-state index in [-0.39, 0.29) is 11.7 Å². The van der Waals surface area contributed by atoms with Gasteiger partial charge in [-0.2, -0.15) is 0 Å². The molecule has 3 atom stereocenters. The molecule has 0 radical (unpaired) electrons. The summed E-state index contributed by atoms with van der Waals surface area (Å²) in [6.07, 6.45) is 3.68. The van der Waals surface area contributed by atoms with Crippen molar-refractivity contribution in [1.29, 1.82) is 0 Å². The van der Waals surface area contributed by atoms with Crippen molar-refractivity contribution in [3.63, 3.8) is 0 Å². The third kappa shape index (κ3) is 5.81. The molecule has 6 heteroatoms. The molecule has 0 aliphatic heterocycles. The topological polar surface area (TPSA) is 67.4 Å². The van der Waals surface area contributed by atoms with E-state index in [4.69, 9.17) is 4.74 Å². The number of rotatable bonds is 5. The van der Waals surface area contributed by atoms with Crippen molar-refractivity contribution in [2.45, 2.75) is 46.1 Å². The lowest BCUT2D eigenvalue weighted by atomic mass is 9.75. The first kappa shape index (κ1) is 21.8. The van der Waals surface area contributed by atoms with Crippen LogP contribution in [0.3, 0.4) is 0 Å². The highest BCUT2D eigenvalue weighted by Gasteiger charge is 2.32. The lowest BCUT2D eigenvalue weighted by molar-refractivity contribution is 0.0460. The van der Waals surface area contributed by atoms with Crippen LogP contribution >= 0.6 is 0 Å². The van der Waals surface area contributed by atoms with Gasteiger partial charge in [0.25, 0.3) is 5.91 Å². The number of urea groups is 1. The van der Waals surface area contributed by atoms with E-state index in [2.05, 4.69) is 31.4 Å². The van der Waals surface area contributed by atoms with Crippen molar-refractivity contribution in [3.8, 4) is 5.75 Å². The lowest BCUT2D eigenvalue weighted by Crippen LogP contribution is -2.36. The molecule has 0 bridgehead atoms. The Morgan fingerprint density at radius 1 is 1.03 bits per heavy atom. The molecule has 5 nitrogen and oxygen atoms in total. The summed E-state index contributed by atoms with van der Waals surface area (Å²) >= 11 is 0. The zero-order chi connectivity index (χ0) is 21.7. The average Bonchev–Trinajstić information content (AvgIpc) is 2.69. The number of hydrogen-bond acceptors (Lipinski definition) is 3. The number of carbonyl (C=O) groups is 2. The molecule has 2 aromatic rings. The molecule has 0 heterocycles. The quantitative estimate of drug-likeness (QED) is 0.669. The summed E-state index contributed by atoms with van der Waals surface area (Å²) in [7, 11) is 0. The van der Waals surface area contributed by atoms with Crippen molar-refractivity contribution < 1.29 is 18.7 Å². The van der Waals surface area contributed by atoms with Gasteiger partial charge in [0.1, 0.15) is 17.7 Å². The third-order valence-electron chi connectivity index (χ3n) is 5.69. The average molecular weight is 413 g/mol. The molecule has 0 aromatic heterocycles. The molecule has 3 unspecified atom stereocenters. The zero-order valence-electron chi connectivity index (χ0n) is 17.7. The zero-order valence-corrected chi connectivity index (χ0v) is 17.7. The van der Waals surface area contributed by atoms with Gasteiger partial charge in [0.05, 0.1) is 0 Å². The minimum atomic E-state index is -0.654. The van der Waals surface area contributed by atoms with Crippen LogP contribution in [0.2, 0.25) is 0 Å². The summed E-state index contributed by atoms with van der Waals surface area (Å²) in [5.74, 6) is 1.51. The summed E-state index contributed by atoms with van der Waals surface area (Å²) in [4.78, 5) is 24.1. The molecular weight excluding hydrogens is 383 g/mol. The second kappa shape index (κ2) is 9.74. The molecule has 1 aliphatic carbocycles.